The molecule has 0 saturated heterocycles. The molecule has 0 spiro atoms. The van der Waals surface area contributed by atoms with Crippen molar-refractivity contribution >= 4 is 5.69 Å². The number of aromatic nitrogens is 4. The maximum Gasteiger partial charge on any atom is 0.296 e. The molecule has 176 valence electrons. The minimum absolute atomic E-state index is 0.111. The summed E-state index contributed by atoms with van der Waals surface area (Å²) in [6.45, 7) is 1.82. The van der Waals surface area contributed by atoms with E-state index in [-0.39, 0.29) is 22.4 Å². The molecule has 0 atom stereocenters. The van der Waals surface area contributed by atoms with Crippen molar-refractivity contribution in [2.24, 2.45) is 12.0 Å². The van der Waals surface area contributed by atoms with Gasteiger partial charge < -0.3 is 0 Å². The van der Waals surface area contributed by atoms with Crippen molar-refractivity contribution in [3.05, 3.63) is 135 Å². The quantitative estimate of drug-likeness (QED) is 0.399. The topological polar surface area (TPSA) is 90.0 Å². The van der Waals surface area contributed by atoms with E-state index in [1.54, 1.807) is 40.7 Å². The molecule has 3 aromatic carbocycles. The van der Waals surface area contributed by atoms with Gasteiger partial charge in [0.1, 0.15) is 17.3 Å². The number of benzene rings is 3. The van der Waals surface area contributed by atoms with Gasteiger partial charge in [0.2, 0.25) is 5.62 Å². The molecule has 0 aliphatic rings. The van der Waals surface area contributed by atoms with Crippen LogP contribution in [0.15, 0.2) is 112 Å². The van der Waals surface area contributed by atoms with E-state index in [1.165, 1.54) is 15.3 Å². The fourth-order valence-corrected chi connectivity index (χ4v) is 4.17. The molecule has 2 aromatic heterocycles. The summed E-state index contributed by atoms with van der Waals surface area (Å²) < 4.78 is 6.20. The molecule has 0 aliphatic carbocycles. The molecular weight excluding hydrogens is 452 g/mol. The summed E-state index contributed by atoms with van der Waals surface area (Å²) in [5.41, 5.74) is 2.00. The second kappa shape index (κ2) is 9.24. The van der Waals surface area contributed by atoms with Crippen LogP contribution < -0.4 is 16.7 Å². The molecule has 0 unspecified atom stereocenters. The first kappa shape index (κ1) is 22.6. The van der Waals surface area contributed by atoms with Crippen LogP contribution in [0.2, 0.25) is 0 Å². The van der Waals surface area contributed by atoms with Crippen LogP contribution in [0.25, 0.3) is 17.1 Å². The van der Waals surface area contributed by atoms with Crippen molar-refractivity contribution in [2.45, 2.75) is 6.92 Å². The van der Waals surface area contributed by atoms with Crippen molar-refractivity contribution in [1.82, 2.24) is 18.5 Å². The van der Waals surface area contributed by atoms with Crippen LogP contribution in [0.5, 0.6) is 0 Å². The molecule has 36 heavy (non-hydrogen) atoms. The number of nitriles is 1. The molecule has 0 aliphatic heterocycles. The lowest BCUT2D eigenvalue weighted by molar-refractivity contribution is 0.630. The van der Waals surface area contributed by atoms with Crippen molar-refractivity contribution < 1.29 is 0 Å². The third-order valence-corrected chi connectivity index (χ3v) is 5.99. The standard InChI is InChI=1S/C28H22N6O2/c1-20-25(27(36)34(31(20)2)24-16-10-5-11-17-24)32-19-21(18-29)26(35)33(23-14-8-4-9-15-23)28(32)30-22-12-6-3-7-13-22/h3-17,19H,1-2H3. The van der Waals surface area contributed by atoms with Gasteiger partial charge in [-0.1, -0.05) is 54.6 Å². The van der Waals surface area contributed by atoms with Crippen LogP contribution in [0.4, 0.5) is 5.69 Å². The van der Waals surface area contributed by atoms with Gasteiger partial charge in [-0.3, -0.25) is 18.8 Å². The Hall–Kier alpha value is -5.16. The Morgan fingerprint density at radius 2 is 1.33 bits per heavy atom. The Kier molecular flexibility index (Phi) is 5.80. The predicted molar refractivity (Wildman–Crippen MR) is 137 cm³/mol. The number of para-hydroxylation sites is 3. The predicted octanol–water partition coefficient (Wildman–Crippen LogP) is 3.53. The van der Waals surface area contributed by atoms with Gasteiger partial charge in [0.05, 0.1) is 22.8 Å². The first-order chi connectivity index (χ1) is 17.5. The van der Waals surface area contributed by atoms with Crippen molar-refractivity contribution in [3.8, 4) is 23.1 Å². The molecule has 2 heterocycles. The van der Waals surface area contributed by atoms with Gasteiger partial charge in [-0.15, -0.1) is 0 Å². The molecule has 0 fully saturated rings. The Bertz CT molecular complexity index is 1790. The van der Waals surface area contributed by atoms with Gasteiger partial charge in [-0.05, 0) is 43.3 Å². The molecule has 8 nitrogen and oxygen atoms in total. The average Bonchev–Trinajstić information content (AvgIpc) is 3.13. The van der Waals surface area contributed by atoms with E-state index in [0.717, 1.165) is 0 Å². The highest BCUT2D eigenvalue weighted by atomic mass is 16.1. The summed E-state index contributed by atoms with van der Waals surface area (Å²) >= 11 is 0. The molecule has 0 radical (unpaired) electrons. The first-order valence-electron chi connectivity index (χ1n) is 11.3. The third-order valence-electron chi connectivity index (χ3n) is 5.99. The van der Waals surface area contributed by atoms with Crippen molar-refractivity contribution in [1.29, 1.82) is 5.26 Å². The van der Waals surface area contributed by atoms with Crippen LogP contribution in [0, 0.1) is 18.3 Å². The largest absolute Gasteiger partial charge is 0.296 e. The molecule has 0 N–H and O–H groups in total. The highest BCUT2D eigenvalue weighted by molar-refractivity contribution is 5.44. The number of hydrogen-bond acceptors (Lipinski definition) is 4. The molecule has 8 heteroatoms. The lowest BCUT2D eigenvalue weighted by Crippen LogP contribution is -2.41. The van der Waals surface area contributed by atoms with E-state index in [4.69, 9.17) is 4.99 Å². The van der Waals surface area contributed by atoms with Gasteiger partial charge in [-0.2, -0.15) is 5.26 Å². The minimum Gasteiger partial charge on any atom is -0.283 e. The zero-order valence-electron chi connectivity index (χ0n) is 19.7. The fourth-order valence-electron chi connectivity index (χ4n) is 4.17. The molecule has 0 amide bonds. The minimum atomic E-state index is -0.522. The zero-order chi connectivity index (χ0) is 25.2. The van der Waals surface area contributed by atoms with E-state index >= 15 is 0 Å². The van der Waals surface area contributed by atoms with E-state index in [1.807, 2.05) is 79.7 Å². The smallest absolute Gasteiger partial charge is 0.283 e. The number of rotatable bonds is 4. The Balaban J connectivity index is 1.96. The molecule has 5 aromatic rings. The van der Waals surface area contributed by atoms with Gasteiger partial charge >= 0.3 is 0 Å². The van der Waals surface area contributed by atoms with Gasteiger partial charge in [0, 0.05) is 13.2 Å². The van der Waals surface area contributed by atoms with Gasteiger partial charge in [0.15, 0.2) is 0 Å². The summed E-state index contributed by atoms with van der Waals surface area (Å²) in [5, 5.41) is 9.82. The van der Waals surface area contributed by atoms with E-state index in [0.29, 0.717) is 22.8 Å². The number of hydrogen-bond donors (Lipinski definition) is 0. The molecule has 5 rings (SSSR count). The molecule has 0 saturated carbocycles. The van der Waals surface area contributed by atoms with Crippen LogP contribution in [0.1, 0.15) is 11.3 Å². The Morgan fingerprint density at radius 1 is 0.778 bits per heavy atom. The van der Waals surface area contributed by atoms with Crippen LogP contribution in [-0.4, -0.2) is 18.5 Å². The van der Waals surface area contributed by atoms with E-state index in [2.05, 4.69) is 0 Å². The Morgan fingerprint density at radius 3 is 1.92 bits per heavy atom. The normalized spacial score (nSPS) is 11.4. The summed E-state index contributed by atoms with van der Waals surface area (Å²) in [5.74, 6) is 0. The monoisotopic (exact) mass is 474 g/mol. The van der Waals surface area contributed by atoms with Crippen molar-refractivity contribution in [3.63, 3.8) is 0 Å². The maximum absolute atomic E-state index is 13.9. The van der Waals surface area contributed by atoms with Crippen LogP contribution in [-0.2, 0) is 7.05 Å². The van der Waals surface area contributed by atoms with Crippen LogP contribution in [0.3, 0.4) is 0 Å². The highest BCUT2D eigenvalue weighted by Crippen LogP contribution is 2.15. The molecule has 0 bridgehead atoms. The average molecular weight is 475 g/mol. The lowest BCUT2D eigenvalue weighted by Gasteiger charge is -2.13. The lowest BCUT2D eigenvalue weighted by atomic mass is 10.3. The second-order valence-corrected chi connectivity index (χ2v) is 8.16. The van der Waals surface area contributed by atoms with Crippen molar-refractivity contribution in [2.75, 3.05) is 0 Å². The fraction of sp³-hybridized carbons (Fsp3) is 0.0714. The maximum atomic E-state index is 13.9. The highest BCUT2D eigenvalue weighted by Gasteiger charge is 2.21. The summed E-state index contributed by atoms with van der Waals surface area (Å²) in [6, 6.07) is 29.4. The van der Waals surface area contributed by atoms with Gasteiger partial charge in [0.25, 0.3) is 11.1 Å². The zero-order valence-corrected chi connectivity index (χ0v) is 19.7. The second-order valence-electron chi connectivity index (χ2n) is 8.16. The van der Waals surface area contributed by atoms with Gasteiger partial charge in [-0.25, -0.2) is 14.2 Å². The molecular formula is C28H22N6O2. The first-order valence-corrected chi connectivity index (χ1v) is 11.3. The Labute approximate surface area is 206 Å². The summed E-state index contributed by atoms with van der Waals surface area (Å²) in [7, 11) is 1.79. The summed E-state index contributed by atoms with van der Waals surface area (Å²) in [6.07, 6.45) is 1.39. The summed E-state index contributed by atoms with van der Waals surface area (Å²) in [4.78, 5) is 32.1. The number of nitrogens with zero attached hydrogens (tertiary/aromatic N) is 6. The van der Waals surface area contributed by atoms with Crippen LogP contribution >= 0.6 is 0 Å². The van der Waals surface area contributed by atoms with E-state index in [9.17, 15) is 14.9 Å². The SMILES string of the molecule is Cc1c(-n2cc(C#N)c(=O)n(-c3ccccc3)c2=Nc2ccccc2)c(=O)n(-c2ccccc2)n1C. The third kappa shape index (κ3) is 3.79. The van der Waals surface area contributed by atoms with E-state index < -0.39 is 5.56 Å².